The molecule has 0 aliphatic rings. The first-order valence-electron chi connectivity index (χ1n) is 22.2. The smallest absolute Gasteiger partial charge is 0.126 e. The SMILES string of the molecule is CCCc1ccc(O)c(Cc2cccc(-c3cccc(C(CC)Cc4cccc(-c5cc(CCC)ccc5C(c5ccccc5)c5cc(CCC)ccc5O)c4O)c3)c2O)c1. The predicted octanol–water partition coefficient (Wildman–Crippen LogP) is 14.2. The molecule has 7 rings (SSSR count). The van der Waals surface area contributed by atoms with Gasteiger partial charge in [0.15, 0.2) is 0 Å². The fourth-order valence-corrected chi connectivity index (χ4v) is 9.08. The van der Waals surface area contributed by atoms with Gasteiger partial charge < -0.3 is 20.4 Å². The highest BCUT2D eigenvalue weighted by molar-refractivity contribution is 5.78. The van der Waals surface area contributed by atoms with Crippen molar-refractivity contribution in [2.45, 2.75) is 97.3 Å². The van der Waals surface area contributed by atoms with Crippen molar-refractivity contribution in [1.82, 2.24) is 0 Å². The van der Waals surface area contributed by atoms with Crippen LogP contribution in [0.3, 0.4) is 0 Å². The quantitative estimate of drug-likeness (QED) is 0.0691. The molecule has 0 amide bonds. The lowest BCUT2D eigenvalue weighted by Gasteiger charge is -2.25. The lowest BCUT2D eigenvalue weighted by Crippen LogP contribution is -2.08. The fourth-order valence-electron chi connectivity index (χ4n) is 9.08. The molecule has 0 spiro atoms. The van der Waals surface area contributed by atoms with E-state index in [1.54, 1.807) is 6.07 Å². The highest BCUT2D eigenvalue weighted by atomic mass is 16.3. The molecule has 0 heterocycles. The van der Waals surface area contributed by atoms with Gasteiger partial charge in [-0.3, -0.25) is 0 Å². The van der Waals surface area contributed by atoms with Gasteiger partial charge in [-0.25, -0.2) is 0 Å². The maximum Gasteiger partial charge on any atom is 0.126 e. The van der Waals surface area contributed by atoms with Gasteiger partial charge in [-0.1, -0.05) is 180 Å². The number of hydrogen-bond donors (Lipinski definition) is 4. The summed E-state index contributed by atoms with van der Waals surface area (Å²) >= 11 is 0. The Labute approximate surface area is 362 Å². The van der Waals surface area contributed by atoms with E-state index in [2.05, 4.69) is 100 Å². The minimum atomic E-state index is -0.260. The van der Waals surface area contributed by atoms with E-state index in [0.717, 1.165) is 106 Å². The fraction of sp³-hybridized carbons (Fsp3) is 0.263. The monoisotopic (exact) mass is 808 g/mol. The molecule has 0 aliphatic carbocycles. The van der Waals surface area contributed by atoms with Crippen molar-refractivity contribution in [2.75, 3.05) is 0 Å². The summed E-state index contributed by atoms with van der Waals surface area (Å²) < 4.78 is 0. The van der Waals surface area contributed by atoms with E-state index in [-0.39, 0.29) is 34.8 Å². The van der Waals surface area contributed by atoms with E-state index in [0.29, 0.717) is 12.8 Å². The first-order valence-corrected chi connectivity index (χ1v) is 22.2. The summed E-state index contributed by atoms with van der Waals surface area (Å²) in [5.74, 6) is 0.843. The maximum atomic E-state index is 12.4. The summed E-state index contributed by atoms with van der Waals surface area (Å²) in [6, 6.07) is 49.2. The van der Waals surface area contributed by atoms with Crippen LogP contribution in [-0.2, 0) is 32.1 Å². The largest absolute Gasteiger partial charge is 0.508 e. The molecule has 4 N–H and O–H groups in total. The Balaban J connectivity index is 1.25. The zero-order valence-electron chi connectivity index (χ0n) is 36.2. The number of aryl methyl sites for hydroxylation is 3. The number of rotatable bonds is 17. The van der Waals surface area contributed by atoms with Gasteiger partial charge in [0.05, 0.1) is 0 Å². The van der Waals surface area contributed by atoms with Crippen molar-refractivity contribution in [2.24, 2.45) is 0 Å². The zero-order chi connectivity index (χ0) is 42.9. The summed E-state index contributed by atoms with van der Waals surface area (Å²) in [5, 5.41) is 46.2. The Morgan fingerprint density at radius 3 is 1.72 bits per heavy atom. The molecule has 4 heteroatoms. The maximum absolute atomic E-state index is 12.4. The van der Waals surface area contributed by atoms with Gasteiger partial charge in [0.25, 0.3) is 0 Å². The van der Waals surface area contributed by atoms with Crippen LogP contribution in [0.5, 0.6) is 23.0 Å². The molecular weight excluding hydrogens is 749 g/mol. The van der Waals surface area contributed by atoms with Crippen molar-refractivity contribution in [3.63, 3.8) is 0 Å². The van der Waals surface area contributed by atoms with Gasteiger partial charge >= 0.3 is 0 Å². The highest BCUT2D eigenvalue weighted by Gasteiger charge is 2.26. The molecule has 0 aliphatic heterocycles. The first kappa shape index (κ1) is 42.8. The summed E-state index contributed by atoms with van der Waals surface area (Å²) in [6.07, 6.45) is 7.73. The molecular formula is C57H60O4. The van der Waals surface area contributed by atoms with Crippen LogP contribution in [-0.4, -0.2) is 20.4 Å². The van der Waals surface area contributed by atoms with Crippen molar-refractivity contribution >= 4 is 0 Å². The lowest BCUT2D eigenvalue weighted by atomic mass is 9.79. The van der Waals surface area contributed by atoms with Gasteiger partial charge in [-0.15, -0.1) is 0 Å². The molecule has 0 bridgehead atoms. The molecule has 0 saturated carbocycles. The summed E-state index contributed by atoms with van der Waals surface area (Å²) in [5.41, 5.74) is 13.6. The summed E-state index contributed by atoms with van der Waals surface area (Å²) in [7, 11) is 0. The van der Waals surface area contributed by atoms with Crippen LogP contribution in [0.15, 0.2) is 146 Å². The Kier molecular flexibility index (Phi) is 14.0. The average molecular weight is 809 g/mol. The van der Waals surface area contributed by atoms with Crippen LogP contribution in [0.1, 0.15) is 121 Å². The number of phenols is 4. The van der Waals surface area contributed by atoms with Crippen molar-refractivity contribution in [3.8, 4) is 45.3 Å². The molecule has 2 atom stereocenters. The third-order valence-corrected chi connectivity index (χ3v) is 12.3. The lowest BCUT2D eigenvalue weighted by molar-refractivity contribution is 0.463. The van der Waals surface area contributed by atoms with Gasteiger partial charge in [-0.05, 0) is 111 Å². The molecule has 2 unspecified atom stereocenters. The van der Waals surface area contributed by atoms with Crippen LogP contribution in [0.2, 0.25) is 0 Å². The van der Waals surface area contributed by atoms with Crippen molar-refractivity contribution in [3.05, 3.63) is 201 Å². The van der Waals surface area contributed by atoms with Crippen molar-refractivity contribution in [1.29, 1.82) is 0 Å². The van der Waals surface area contributed by atoms with E-state index in [4.69, 9.17) is 0 Å². The number of benzene rings is 7. The standard InChI is InChI=1S/C57H60O4/c1-5-15-38-27-30-53(58)47(32-38)37-46-22-13-24-48(56(46)60)44-21-12-20-43(36-44)41(8-4)35-45-23-14-25-50(57(45)61)51-33-39(16-6-2)26-29-49(51)55(42-18-10-9-11-19-42)52-34-40(17-7-3)28-31-54(52)59/h9-14,18-34,36,41,55,58-61H,5-8,15-17,35,37H2,1-4H3. The normalized spacial score (nSPS) is 12.3. The van der Waals surface area contributed by atoms with E-state index < -0.39 is 0 Å². The minimum absolute atomic E-state index is 0.103. The van der Waals surface area contributed by atoms with Crippen LogP contribution in [0.25, 0.3) is 22.3 Å². The van der Waals surface area contributed by atoms with E-state index >= 15 is 0 Å². The molecule has 7 aromatic rings. The van der Waals surface area contributed by atoms with E-state index in [1.807, 2.05) is 66.7 Å². The molecule has 7 aromatic carbocycles. The topological polar surface area (TPSA) is 80.9 Å². The van der Waals surface area contributed by atoms with Crippen LogP contribution >= 0.6 is 0 Å². The average Bonchev–Trinajstić information content (AvgIpc) is 3.27. The van der Waals surface area contributed by atoms with Gasteiger partial charge in [-0.2, -0.15) is 0 Å². The number of para-hydroxylation sites is 2. The third kappa shape index (κ3) is 9.71. The first-order chi connectivity index (χ1) is 29.7. The molecule has 0 fully saturated rings. The molecule has 312 valence electrons. The Hall–Kier alpha value is -6.26. The van der Waals surface area contributed by atoms with Crippen LogP contribution in [0.4, 0.5) is 0 Å². The van der Waals surface area contributed by atoms with Gasteiger partial charge in [0.2, 0.25) is 0 Å². The Bertz CT molecular complexity index is 2570. The minimum Gasteiger partial charge on any atom is -0.508 e. The molecule has 61 heavy (non-hydrogen) atoms. The molecule has 4 nitrogen and oxygen atoms in total. The van der Waals surface area contributed by atoms with Crippen molar-refractivity contribution < 1.29 is 20.4 Å². The van der Waals surface area contributed by atoms with Crippen LogP contribution in [0, 0.1) is 0 Å². The van der Waals surface area contributed by atoms with Gasteiger partial charge in [0, 0.05) is 29.0 Å². The van der Waals surface area contributed by atoms with E-state index in [9.17, 15) is 20.4 Å². The number of phenolic OH excluding ortho intramolecular Hbond substituents is 4. The second-order valence-electron chi connectivity index (χ2n) is 16.6. The number of hydrogen-bond acceptors (Lipinski definition) is 4. The summed E-state index contributed by atoms with van der Waals surface area (Å²) in [6.45, 7) is 8.69. The van der Waals surface area contributed by atoms with Gasteiger partial charge in [0.1, 0.15) is 23.0 Å². The molecule has 0 aromatic heterocycles. The highest BCUT2D eigenvalue weighted by Crippen LogP contribution is 2.45. The Morgan fingerprint density at radius 1 is 0.426 bits per heavy atom. The predicted molar refractivity (Wildman–Crippen MR) is 252 cm³/mol. The van der Waals surface area contributed by atoms with Crippen LogP contribution < -0.4 is 0 Å². The zero-order valence-corrected chi connectivity index (χ0v) is 36.2. The molecule has 0 saturated heterocycles. The third-order valence-electron chi connectivity index (χ3n) is 12.3. The van der Waals surface area contributed by atoms with E-state index in [1.165, 1.54) is 16.7 Å². The second-order valence-corrected chi connectivity index (χ2v) is 16.6. The summed E-state index contributed by atoms with van der Waals surface area (Å²) in [4.78, 5) is 0. The molecule has 0 radical (unpaired) electrons. The second kappa shape index (κ2) is 19.9. The number of aromatic hydroxyl groups is 4. The Morgan fingerprint density at radius 2 is 1.02 bits per heavy atom.